The number of methoxy groups -OCH3 is 1. The van der Waals surface area contributed by atoms with Crippen molar-refractivity contribution in [1.82, 2.24) is 15.5 Å². The summed E-state index contributed by atoms with van der Waals surface area (Å²) in [6.45, 7) is 3.72. The van der Waals surface area contributed by atoms with Crippen LogP contribution in [0.15, 0.2) is 22.7 Å². The molecule has 1 aromatic carbocycles. The molecule has 0 spiro atoms. The molecule has 0 aromatic heterocycles. The molecule has 2 rings (SSSR count). The maximum Gasteiger partial charge on any atom is 0.308 e. The van der Waals surface area contributed by atoms with Crippen LogP contribution in [0.1, 0.15) is 30.1 Å². The number of thiocarbonyl (C=S) groups is 1. The van der Waals surface area contributed by atoms with E-state index < -0.39 is 17.9 Å². The summed E-state index contributed by atoms with van der Waals surface area (Å²) >= 11 is 8.74. The highest BCUT2D eigenvalue weighted by atomic mass is 79.9. The predicted molar refractivity (Wildman–Crippen MR) is 121 cm³/mol. The van der Waals surface area contributed by atoms with E-state index in [1.54, 1.807) is 25.3 Å². The molecule has 1 aliphatic heterocycles. The number of halogens is 1. The Morgan fingerprint density at radius 1 is 1.32 bits per heavy atom. The van der Waals surface area contributed by atoms with Crippen LogP contribution in [0.4, 0.5) is 0 Å². The van der Waals surface area contributed by atoms with Gasteiger partial charge in [0, 0.05) is 25.8 Å². The molecule has 2 N–H and O–H groups in total. The number of carbonyl (C=O) groups excluding carboxylic acids is 3. The Labute approximate surface area is 194 Å². The van der Waals surface area contributed by atoms with Crippen molar-refractivity contribution in [2.45, 2.75) is 25.8 Å². The molecule has 1 aromatic rings. The van der Waals surface area contributed by atoms with Crippen LogP contribution in [0.25, 0.3) is 0 Å². The number of esters is 1. The van der Waals surface area contributed by atoms with E-state index in [4.69, 9.17) is 26.4 Å². The second-order valence-electron chi connectivity index (χ2n) is 6.67. The van der Waals surface area contributed by atoms with E-state index in [1.807, 2.05) is 6.92 Å². The lowest BCUT2D eigenvalue weighted by atomic mass is 10.1. The Morgan fingerprint density at radius 3 is 2.77 bits per heavy atom. The summed E-state index contributed by atoms with van der Waals surface area (Å²) in [7, 11) is 1.58. The van der Waals surface area contributed by atoms with E-state index in [0.29, 0.717) is 48.5 Å². The summed E-state index contributed by atoms with van der Waals surface area (Å²) < 4.78 is 16.2. The van der Waals surface area contributed by atoms with Gasteiger partial charge < -0.3 is 24.4 Å². The Bertz CT molecular complexity index is 822. The van der Waals surface area contributed by atoms with Crippen LogP contribution in [0.2, 0.25) is 0 Å². The van der Waals surface area contributed by atoms with Crippen LogP contribution in [0.5, 0.6) is 5.75 Å². The molecule has 1 atom stereocenters. The fraction of sp³-hybridized carbons (Fsp3) is 0.500. The molecule has 1 heterocycles. The molecular weight excluding hydrogens is 490 g/mol. The molecule has 0 saturated carbocycles. The molecule has 11 heteroatoms. The number of nitrogens with zero attached hydrogens (tertiary/aromatic N) is 1. The van der Waals surface area contributed by atoms with Gasteiger partial charge in [-0.15, -0.1) is 0 Å². The van der Waals surface area contributed by atoms with Gasteiger partial charge in [-0.3, -0.25) is 19.7 Å². The monoisotopic (exact) mass is 515 g/mol. The first-order valence-corrected chi connectivity index (χ1v) is 11.0. The zero-order valence-corrected chi connectivity index (χ0v) is 19.8. The molecule has 170 valence electrons. The van der Waals surface area contributed by atoms with Crippen LogP contribution in [0.3, 0.4) is 0 Å². The third-order valence-corrected chi connectivity index (χ3v) is 5.33. The summed E-state index contributed by atoms with van der Waals surface area (Å²) in [6, 6.07) is 4.04. The van der Waals surface area contributed by atoms with Gasteiger partial charge in [-0.25, -0.2) is 0 Å². The van der Waals surface area contributed by atoms with Gasteiger partial charge >= 0.3 is 5.97 Å². The van der Waals surface area contributed by atoms with Crippen LogP contribution >= 0.6 is 28.1 Å². The summed E-state index contributed by atoms with van der Waals surface area (Å²) in [6.07, 6.45) is 0.535. The zero-order chi connectivity index (χ0) is 22.8. The number of ether oxygens (including phenoxy) is 3. The lowest BCUT2D eigenvalue weighted by Crippen LogP contribution is -2.60. The van der Waals surface area contributed by atoms with Gasteiger partial charge in [-0.1, -0.05) is 6.92 Å². The highest BCUT2D eigenvalue weighted by molar-refractivity contribution is 9.10. The molecule has 1 saturated heterocycles. The van der Waals surface area contributed by atoms with Gasteiger partial charge in [0.05, 0.1) is 24.1 Å². The minimum absolute atomic E-state index is 0.0738. The van der Waals surface area contributed by atoms with Crippen LogP contribution in [-0.4, -0.2) is 73.9 Å². The molecule has 9 nitrogen and oxygen atoms in total. The normalized spacial score (nSPS) is 15.8. The number of hydrogen-bond donors (Lipinski definition) is 2. The Morgan fingerprint density at radius 2 is 2.10 bits per heavy atom. The standard InChI is InChI=1S/C20H26BrN3O6S/c1-3-8-30-17(25)12-15-19(27)22-6-7-24(15)20(31)23-18(26)13-4-5-16(14(21)11-13)29-10-9-28-2/h4-5,11,15H,3,6-10,12H2,1-2H3,(H,22,27)(H,23,26,31). The van der Waals surface area contributed by atoms with Crippen LogP contribution in [-0.2, 0) is 19.1 Å². The van der Waals surface area contributed by atoms with Gasteiger partial charge in [-0.05, 0) is 52.8 Å². The van der Waals surface area contributed by atoms with Gasteiger partial charge in [-0.2, -0.15) is 0 Å². The highest BCUT2D eigenvalue weighted by Gasteiger charge is 2.34. The quantitative estimate of drug-likeness (QED) is 0.290. The maximum atomic E-state index is 12.7. The molecule has 0 bridgehead atoms. The lowest BCUT2D eigenvalue weighted by Gasteiger charge is -2.36. The van der Waals surface area contributed by atoms with Gasteiger partial charge in [0.1, 0.15) is 18.4 Å². The van der Waals surface area contributed by atoms with Crippen molar-refractivity contribution in [2.24, 2.45) is 0 Å². The fourth-order valence-corrected chi connectivity index (χ4v) is 3.63. The number of rotatable bonds is 9. The van der Waals surface area contributed by atoms with Gasteiger partial charge in [0.2, 0.25) is 5.91 Å². The third-order valence-electron chi connectivity index (χ3n) is 4.38. The van der Waals surface area contributed by atoms with E-state index in [2.05, 4.69) is 26.6 Å². The molecule has 1 fully saturated rings. The van der Waals surface area contributed by atoms with E-state index in [-0.39, 0.29) is 24.0 Å². The zero-order valence-electron chi connectivity index (χ0n) is 17.4. The average Bonchev–Trinajstić information content (AvgIpc) is 2.74. The van der Waals surface area contributed by atoms with Crippen LogP contribution < -0.4 is 15.4 Å². The average molecular weight is 516 g/mol. The lowest BCUT2D eigenvalue weighted by molar-refractivity contribution is -0.147. The van der Waals surface area contributed by atoms with Crippen molar-refractivity contribution < 1.29 is 28.6 Å². The first-order chi connectivity index (χ1) is 14.9. The van der Waals surface area contributed by atoms with E-state index in [1.165, 1.54) is 4.90 Å². The Hall–Kier alpha value is -2.24. The van der Waals surface area contributed by atoms with E-state index in [9.17, 15) is 14.4 Å². The molecular formula is C20H26BrN3O6S. The molecule has 2 amide bonds. The molecule has 1 unspecified atom stereocenters. The topological polar surface area (TPSA) is 106 Å². The summed E-state index contributed by atoms with van der Waals surface area (Å²) in [5.74, 6) is -0.686. The van der Waals surface area contributed by atoms with Crippen molar-refractivity contribution in [3.05, 3.63) is 28.2 Å². The fourth-order valence-electron chi connectivity index (χ4n) is 2.83. The van der Waals surface area contributed by atoms with E-state index >= 15 is 0 Å². The second kappa shape index (κ2) is 12.6. The third kappa shape index (κ3) is 7.44. The summed E-state index contributed by atoms with van der Waals surface area (Å²) in [5, 5.41) is 5.42. The minimum atomic E-state index is -0.839. The Kier molecular flexibility index (Phi) is 10.2. The van der Waals surface area contributed by atoms with Crippen molar-refractivity contribution in [2.75, 3.05) is 40.0 Å². The summed E-state index contributed by atoms with van der Waals surface area (Å²) in [4.78, 5) is 38.5. The molecule has 31 heavy (non-hydrogen) atoms. The molecule has 0 aliphatic carbocycles. The number of piperazine rings is 1. The highest BCUT2D eigenvalue weighted by Crippen LogP contribution is 2.26. The van der Waals surface area contributed by atoms with E-state index in [0.717, 1.165) is 0 Å². The smallest absolute Gasteiger partial charge is 0.308 e. The number of benzene rings is 1. The Balaban J connectivity index is 2.02. The number of amides is 2. The number of nitrogens with one attached hydrogen (secondary N) is 2. The molecule has 0 radical (unpaired) electrons. The predicted octanol–water partition coefficient (Wildman–Crippen LogP) is 1.63. The minimum Gasteiger partial charge on any atom is -0.490 e. The summed E-state index contributed by atoms with van der Waals surface area (Å²) in [5.41, 5.74) is 0.355. The van der Waals surface area contributed by atoms with Gasteiger partial charge in [0.15, 0.2) is 5.11 Å². The van der Waals surface area contributed by atoms with Crippen molar-refractivity contribution >= 4 is 51.0 Å². The van der Waals surface area contributed by atoms with Crippen LogP contribution in [0, 0.1) is 0 Å². The van der Waals surface area contributed by atoms with Crippen molar-refractivity contribution in [1.29, 1.82) is 0 Å². The number of carbonyl (C=O) groups is 3. The molecule has 1 aliphatic rings. The first-order valence-electron chi connectivity index (χ1n) is 9.84. The largest absolute Gasteiger partial charge is 0.490 e. The second-order valence-corrected chi connectivity index (χ2v) is 7.91. The van der Waals surface area contributed by atoms with Crippen molar-refractivity contribution in [3.63, 3.8) is 0 Å². The maximum absolute atomic E-state index is 12.7. The first kappa shape index (κ1) is 25.0. The van der Waals surface area contributed by atoms with Gasteiger partial charge in [0.25, 0.3) is 5.91 Å². The SMILES string of the molecule is CCCOC(=O)CC1C(=O)NCCN1C(=S)NC(=O)c1ccc(OCCOC)c(Br)c1. The number of hydrogen-bond acceptors (Lipinski definition) is 7. The van der Waals surface area contributed by atoms with Crippen molar-refractivity contribution in [3.8, 4) is 5.75 Å².